The van der Waals surface area contributed by atoms with E-state index in [1.165, 1.54) is 25.1 Å². The van der Waals surface area contributed by atoms with Gasteiger partial charge in [-0.15, -0.1) is 0 Å². The maximum Gasteiger partial charge on any atom is 0.237 e. The third-order valence-corrected chi connectivity index (χ3v) is 5.81. The van der Waals surface area contributed by atoms with Crippen LogP contribution >= 0.6 is 11.6 Å². The van der Waals surface area contributed by atoms with Gasteiger partial charge in [-0.3, -0.25) is 4.79 Å². The van der Waals surface area contributed by atoms with Crippen molar-refractivity contribution >= 4 is 33.6 Å². The molecule has 1 amide bonds. The molecule has 150 valence electrons. The van der Waals surface area contributed by atoms with Gasteiger partial charge in [-0.1, -0.05) is 41.9 Å². The van der Waals surface area contributed by atoms with Crippen molar-refractivity contribution in [3.05, 3.63) is 70.1 Å². The predicted octanol–water partition coefficient (Wildman–Crippen LogP) is 3.24. The lowest BCUT2D eigenvalue weighted by Crippen LogP contribution is -2.38. The number of methoxy groups -OCH3 is 1. The number of rotatable bonds is 8. The van der Waals surface area contributed by atoms with E-state index in [-0.39, 0.29) is 19.0 Å². The molecule has 6 nitrogen and oxygen atoms in total. The average Bonchev–Trinajstić information content (AvgIpc) is 2.67. The normalized spacial score (nSPS) is 11.8. The molecule has 0 aromatic heterocycles. The van der Waals surface area contributed by atoms with Crippen LogP contribution in [0.1, 0.15) is 11.1 Å². The summed E-state index contributed by atoms with van der Waals surface area (Å²) in [6.45, 7) is -0.0306. The zero-order valence-electron chi connectivity index (χ0n) is 16.0. The summed E-state index contributed by atoms with van der Waals surface area (Å²) in [5, 5.41) is 1.62. The Hall–Kier alpha value is -2.35. The zero-order valence-corrected chi connectivity index (χ0v) is 17.6. The van der Waals surface area contributed by atoms with E-state index in [9.17, 15) is 13.2 Å². The molecule has 0 saturated carbocycles. The van der Waals surface area contributed by atoms with Crippen LogP contribution in [-0.2, 0) is 21.4 Å². The molecule has 0 radical (unpaired) electrons. The van der Waals surface area contributed by atoms with E-state index < -0.39 is 10.0 Å². The van der Waals surface area contributed by atoms with Gasteiger partial charge in [0.1, 0.15) is 5.75 Å². The second-order valence-electron chi connectivity index (χ2n) is 6.22. The van der Waals surface area contributed by atoms with Gasteiger partial charge in [-0.2, -0.15) is 4.31 Å². The SMILES string of the molecule is COc1ccc(Cl)cc1CN(C)C(=O)CN(C)S(=O)(=O)/C=C/c1ccccc1. The van der Waals surface area contributed by atoms with Crippen molar-refractivity contribution in [2.45, 2.75) is 6.54 Å². The topological polar surface area (TPSA) is 66.9 Å². The first kappa shape index (κ1) is 21.9. The Kier molecular flexibility index (Phi) is 7.62. The van der Waals surface area contributed by atoms with E-state index in [4.69, 9.17) is 16.3 Å². The Bertz CT molecular complexity index is 946. The molecule has 0 heterocycles. The highest BCUT2D eigenvalue weighted by Gasteiger charge is 2.20. The van der Waals surface area contributed by atoms with Crippen LogP contribution in [0.5, 0.6) is 5.75 Å². The van der Waals surface area contributed by atoms with Crippen molar-refractivity contribution < 1.29 is 17.9 Å². The van der Waals surface area contributed by atoms with Gasteiger partial charge in [0.2, 0.25) is 15.9 Å². The predicted molar refractivity (Wildman–Crippen MR) is 112 cm³/mol. The molecular weight excluding hydrogens is 400 g/mol. The second kappa shape index (κ2) is 9.73. The van der Waals surface area contributed by atoms with Crippen LogP contribution in [0.3, 0.4) is 0 Å². The molecule has 0 bridgehead atoms. The summed E-state index contributed by atoms with van der Waals surface area (Å²) in [7, 11) is 0.787. The molecule has 0 spiro atoms. The molecule has 0 aliphatic carbocycles. The van der Waals surface area contributed by atoms with E-state index in [0.29, 0.717) is 10.8 Å². The number of ether oxygens (including phenoxy) is 1. The first-order valence-electron chi connectivity index (χ1n) is 8.49. The van der Waals surface area contributed by atoms with Gasteiger partial charge >= 0.3 is 0 Å². The minimum Gasteiger partial charge on any atom is -0.496 e. The molecule has 28 heavy (non-hydrogen) atoms. The lowest BCUT2D eigenvalue weighted by atomic mass is 10.2. The van der Waals surface area contributed by atoms with E-state index in [1.54, 1.807) is 37.4 Å². The third-order valence-electron chi connectivity index (χ3n) is 4.10. The lowest BCUT2D eigenvalue weighted by molar-refractivity contribution is -0.130. The summed E-state index contributed by atoms with van der Waals surface area (Å²) in [5.74, 6) is 0.261. The number of carbonyl (C=O) groups excluding carboxylic acids is 1. The van der Waals surface area contributed by atoms with Gasteiger partial charge in [0, 0.05) is 36.6 Å². The van der Waals surface area contributed by atoms with Crippen LogP contribution in [0.4, 0.5) is 0 Å². The van der Waals surface area contributed by atoms with Crippen molar-refractivity contribution in [2.24, 2.45) is 0 Å². The molecule has 0 N–H and O–H groups in total. The molecule has 2 aromatic rings. The van der Waals surface area contributed by atoms with Crippen LogP contribution in [0.25, 0.3) is 6.08 Å². The first-order valence-corrected chi connectivity index (χ1v) is 10.4. The number of hydrogen-bond donors (Lipinski definition) is 0. The number of halogens is 1. The summed E-state index contributed by atoms with van der Waals surface area (Å²) >= 11 is 6.01. The van der Waals surface area contributed by atoms with Crippen molar-refractivity contribution in [2.75, 3.05) is 27.7 Å². The number of sulfonamides is 1. The van der Waals surface area contributed by atoms with E-state index in [2.05, 4.69) is 0 Å². The summed E-state index contributed by atoms with van der Waals surface area (Å²) < 4.78 is 31.1. The van der Waals surface area contributed by atoms with Crippen molar-refractivity contribution in [3.63, 3.8) is 0 Å². The molecular formula is C20H23ClN2O4S. The van der Waals surface area contributed by atoms with Crippen LogP contribution in [0, 0.1) is 0 Å². The van der Waals surface area contributed by atoms with Crippen molar-refractivity contribution in [3.8, 4) is 5.75 Å². The number of amides is 1. The van der Waals surface area contributed by atoms with Gasteiger partial charge in [0.25, 0.3) is 0 Å². The third kappa shape index (κ3) is 6.09. The van der Waals surface area contributed by atoms with Crippen LogP contribution in [-0.4, -0.2) is 51.3 Å². The minimum absolute atomic E-state index is 0.246. The largest absolute Gasteiger partial charge is 0.496 e. The van der Waals surface area contributed by atoms with Gasteiger partial charge in [-0.05, 0) is 29.8 Å². The highest BCUT2D eigenvalue weighted by Crippen LogP contribution is 2.23. The Morgan fingerprint density at radius 2 is 1.82 bits per heavy atom. The van der Waals surface area contributed by atoms with Gasteiger partial charge in [0.15, 0.2) is 0 Å². The molecule has 2 aromatic carbocycles. The van der Waals surface area contributed by atoms with Gasteiger partial charge < -0.3 is 9.64 Å². The molecule has 0 aliphatic rings. The zero-order chi connectivity index (χ0) is 20.7. The Labute approximate surface area is 171 Å². The summed E-state index contributed by atoms with van der Waals surface area (Å²) in [6.07, 6.45) is 1.50. The molecule has 2 rings (SSSR count). The lowest BCUT2D eigenvalue weighted by Gasteiger charge is -2.22. The maximum absolute atomic E-state index is 12.5. The number of likely N-dealkylation sites (N-methyl/N-ethyl adjacent to an activating group) is 2. The highest BCUT2D eigenvalue weighted by molar-refractivity contribution is 7.92. The quantitative estimate of drug-likeness (QED) is 0.655. The Morgan fingerprint density at radius 1 is 1.14 bits per heavy atom. The molecule has 0 saturated heterocycles. The van der Waals surface area contributed by atoms with Crippen molar-refractivity contribution in [1.82, 2.24) is 9.21 Å². The fourth-order valence-corrected chi connectivity index (χ4v) is 3.47. The number of hydrogen-bond acceptors (Lipinski definition) is 4. The Morgan fingerprint density at radius 3 is 2.46 bits per heavy atom. The molecule has 0 atom stereocenters. The minimum atomic E-state index is -3.72. The molecule has 0 fully saturated rings. The standard InChI is InChI=1S/C20H23ClN2O4S/c1-22(14-17-13-18(21)9-10-19(17)27-3)20(24)15-23(2)28(25,26)12-11-16-7-5-4-6-8-16/h4-13H,14-15H2,1-3H3/b12-11+. The number of carbonyl (C=O) groups is 1. The highest BCUT2D eigenvalue weighted by atomic mass is 35.5. The fourth-order valence-electron chi connectivity index (χ4n) is 2.45. The van der Waals surface area contributed by atoms with Crippen LogP contribution < -0.4 is 4.74 Å². The first-order chi connectivity index (χ1) is 13.2. The van der Waals surface area contributed by atoms with Crippen LogP contribution in [0.15, 0.2) is 53.9 Å². The summed E-state index contributed by atoms with van der Waals surface area (Å²) in [5.41, 5.74) is 1.50. The van der Waals surface area contributed by atoms with E-state index in [1.807, 2.05) is 18.2 Å². The molecule has 0 unspecified atom stereocenters. The van der Waals surface area contributed by atoms with Gasteiger partial charge in [0.05, 0.1) is 13.7 Å². The smallest absolute Gasteiger partial charge is 0.237 e. The van der Waals surface area contributed by atoms with E-state index in [0.717, 1.165) is 20.8 Å². The summed E-state index contributed by atoms with van der Waals surface area (Å²) in [4.78, 5) is 13.9. The summed E-state index contributed by atoms with van der Waals surface area (Å²) in [6, 6.07) is 14.2. The molecule has 0 aliphatic heterocycles. The Balaban J connectivity index is 2.02. The number of benzene rings is 2. The van der Waals surface area contributed by atoms with Crippen LogP contribution in [0.2, 0.25) is 5.02 Å². The van der Waals surface area contributed by atoms with Crippen molar-refractivity contribution in [1.29, 1.82) is 0 Å². The number of nitrogens with zero attached hydrogens (tertiary/aromatic N) is 2. The maximum atomic E-state index is 12.5. The molecule has 8 heteroatoms. The van der Waals surface area contributed by atoms with Gasteiger partial charge in [-0.25, -0.2) is 8.42 Å². The second-order valence-corrected chi connectivity index (χ2v) is 8.58. The fraction of sp³-hybridized carbons (Fsp3) is 0.250. The average molecular weight is 423 g/mol. The van der Waals surface area contributed by atoms with E-state index >= 15 is 0 Å². The monoisotopic (exact) mass is 422 g/mol.